The van der Waals surface area contributed by atoms with E-state index in [0.29, 0.717) is 6.54 Å². The first-order chi connectivity index (χ1) is 10.3. The van der Waals surface area contributed by atoms with Crippen molar-refractivity contribution in [2.24, 2.45) is 5.92 Å². The minimum Gasteiger partial charge on any atom is -0.481 e. The van der Waals surface area contributed by atoms with Crippen LogP contribution in [-0.4, -0.2) is 40.2 Å². The maximum Gasteiger partial charge on any atom is 0.335 e. The molecular formula is C13H15ClN2O6. The summed E-state index contributed by atoms with van der Waals surface area (Å²) in [5.74, 6) is -2.03. The van der Waals surface area contributed by atoms with Gasteiger partial charge in [0, 0.05) is 12.6 Å². The molecule has 1 aliphatic heterocycles. The molecule has 1 aliphatic rings. The van der Waals surface area contributed by atoms with Crippen molar-refractivity contribution >= 4 is 29.2 Å². The Morgan fingerprint density at radius 3 is 2.45 bits per heavy atom. The van der Waals surface area contributed by atoms with Crippen LogP contribution < -0.4 is 5.32 Å². The molecule has 0 bridgehead atoms. The molecule has 1 fully saturated rings. The van der Waals surface area contributed by atoms with Crippen molar-refractivity contribution in [1.29, 1.82) is 0 Å². The lowest BCUT2D eigenvalue weighted by Crippen LogP contribution is -2.34. The van der Waals surface area contributed by atoms with Gasteiger partial charge >= 0.3 is 11.9 Å². The van der Waals surface area contributed by atoms with Crippen molar-refractivity contribution in [1.82, 2.24) is 5.32 Å². The summed E-state index contributed by atoms with van der Waals surface area (Å²) in [6, 6.07) is 3.31. The van der Waals surface area contributed by atoms with Gasteiger partial charge in [0.2, 0.25) is 0 Å². The first-order valence-electron chi connectivity index (χ1n) is 6.43. The molecule has 9 heteroatoms. The van der Waals surface area contributed by atoms with Crippen LogP contribution in [0.25, 0.3) is 0 Å². The highest BCUT2D eigenvalue weighted by Crippen LogP contribution is 2.24. The molecule has 0 spiro atoms. The Morgan fingerprint density at radius 2 is 2.05 bits per heavy atom. The van der Waals surface area contributed by atoms with Gasteiger partial charge in [0.25, 0.3) is 5.69 Å². The number of piperidine rings is 1. The SMILES string of the molecule is O=C(O)C1CCCNC1.O=C(O)c1ccc(Cl)c([N+](=O)[O-])c1. The van der Waals surface area contributed by atoms with Crippen LogP contribution in [0.15, 0.2) is 18.2 Å². The number of rotatable bonds is 3. The van der Waals surface area contributed by atoms with Gasteiger partial charge in [0.15, 0.2) is 0 Å². The number of carboxylic acid groups (broad SMARTS) is 2. The molecule has 1 heterocycles. The number of halogens is 1. The molecular weight excluding hydrogens is 316 g/mol. The number of nitro groups is 1. The quantitative estimate of drug-likeness (QED) is 0.570. The number of carboxylic acids is 2. The van der Waals surface area contributed by atoms with Gasteiger partial charge in [-0.1, -0.05) is 11.6 Å². The van der Waals surface area contributed by atoms with Gasteiger partial charge in [-0.2, -0.15) is 0 Å². The minimum absolute atomic E-state index is 0.0741. The predicted molar refractivity (Wildman–Crippen MR) is 78.3 cm³/mol. The van der Waals surface area contributed by atoms with Crippen molar-refractivity contribution in [3.8, 4) is 0 Å². The van der Waals surface area contributed by atoms with Crippen LogP contribution >= 0.6 is 11.6 Å². The number of aliphatic carboxylic acids is 1. The van der Waals surface area contributed by atoms with E-state index in [-0.39, 0.29) is 16.5 Å². The van der Waals surface area contributed by atoms with Crippen LogP contribution in [0.5, 0.6) is 0 Å². The molecule has 1 unspecified atom stereocenters. The van der Waals surface area contributed by atoms with Gasteiger partial charge in [0.05, 0.1) is 16.4 Å². The Hall–Kier alpha value is -2.19. The van der Waals surface area contributed by atoms with Crippen LogP contribution in [0.2, 0.25) is 5.02 Å². The second kappa shape index (κ2) is 8.30. The summed E-state index contributed by atoms with van der Waals surface area (Å²) >= 11 is 5.46. The van der Waals surface area contributed by atoms with Gasteiger partial charge in [-0.3, -0.25) is 14.9 Å². The highest BCUT2D eigenvalue weighted by Gasteiger charge is 2.19. The zero-order valence-corrected chi connectivity index (χ0v) is 12.2. The minimum atomic E-state index is -1.22. The van der Waals surface area contributed by atoms with Gasteiger partial charge in [-0.25, -0.2) is 4.79 Å². The number of aromatic carboxylic acids is 1. The van der Waals surface area contributed by atoms with E-state index in [1.54, 1.807) is 0 Å². The van der Waals surface area contributed by atoms with Crippen molar-refractivity contribution in [2.45, 2.75) is 12.8 Å². The molecule has 2 rings (SSSR count). The van der Waals surface area contributed by atoms with E-state index in [0.717, 1.165) is 25.5 Å². The Balaban J connectivity index is 0.000000235. The zero-order chi connectivity index (χ0) is 16.7. The Kier molecular flexibility index (Phi) is 6.74. The molecule has 3 N–H and O–H groups in total. The second-order valence-corrected chi connectivity index (χ2v) is 5.02. The van der Waals surface area contributed by atoms with E-state index in [4.69, 9.17) is 21.8 Å². The van der Waals surface area contributed by atoms with Crippen LogP contribution in [-0.2, 0) is 4.79 Å². The molecule has 1 saturated heterocycles. The number of benzene rings is 1. The number of hydrogen-bond donors (Lipinski definition) is 3. The lowest BCUT2D eigenvalue weighted by molar-refractivity contribution is -0.384. The second-order valence-electron chi connectivity index (χ2n) is 4.61. The summed E-state index contributed by atoms with van der Waals surface area (Å²) in [4.78, 5) is 30.3. The fourth-order valence-corrected chi connectivity index (χ4v) is 2.03. The molecule has 0 aromatic heterocycles. The monoisotopic (exact) mass is 330 g/mol. The zero-order valence-electron chi connectivity index (χ0n) is 11.5. The largest absolute Gasteiger partial charge is 0.481 e. The van der Waals surface area contributed by atoms with Crippen molar-refractivity contribution in [3.05, 3.63) is 38.9 Å². The molecule has 1 atom stereocenters. The lowest BCUT2D eigenvalue weighted by atomic mass is 10.0. The number of nitrogens with zero attached hydrogens (tertiary/aromatic N) is 1. The third kappa shape index (κ3) is 5.30. The highest BCUT2D eigenvalue weighted by molar-refractivity contribution is 6.32. The van der Waals surface area contributed by atoms with E-state index >= 15 is 0 Å². The molecule has 8 nitrogen and oxygen atoms in total. The summed E-state index contributed by atoms with van der Waals surface area (Å²) in [6.45, 7) is 1.62. The topological polar surface area (TPSA) is 130 Å². The molecule has 0 amide bonds. The van der Waals surface area contributed by atoms with E-state index in [1.165, 1.54) is 12.1 Å². The third-order valence-corrected chi connectivity index (χ3v) is 3.36. The maximum atomic E-state index is 10.4. The van der Waals surface area contributed by atoms with Gasteiger partial charge < -0.3 is 15.5 Å². The molecule has 0 aliphatic carbocycles. The lowest BCUT2D eigenvalue weighted by Gasteiger charge is -2.18. The molecule has 1 aromatic carbocycles. The van der Waals surface area contributed by atoms with Crippen molar-refractivity contribution in [2.75, 3.05) is 13.1 Å². The summed E-state index contributed by atoms with van der Waals surface area (Å²) in [6.07, 6.45) is 1.83. The summed E-state index contributed by atoms with van der Waals surface area (Å²) in [7, 11) is 0. The maximum absolute atomic E-state index is 10.4. The Labute approximate surface area is 130 Å². The summed E-state index contributed by atoms with van der Waals surface area (Å²) in [5, 5.41) is 30.3. The average Bonchev–Trinajstić information content (AvgIpc) is 2.48. The molecule has 1 aromatic rings. The first kappa shape index (κ1) is 17.9. The fourth-order valence-electron chi connectivity index (χ4n) is 1.85. The first-order valence-corrected chi connectivity index (χ1v) is 6.81. The van der Waals surface area contributed by atoms with Gasteiger partial charge in [-0.15, -0.1) is 0 Å². The van der Waals surface area contributed by atoms with Crippen LogP contribution in [0.4, 0.5) is 5.69 Å². The third-order valence-electron chi connectivity index (χ3n) is 3.04. The van der Waals surface area contributed by atoms with Crippen LogP contribution in [0.3, 0.4) is 0 Å². The average molecular weight is 331 g/mol. The molecule has 22 heavy (non-hydrogen) atoms. The van der Waals surface area contributed by atoms with E-state index in [1.807, 2.05) is 0 Å². The normalized spacial score (nSPS) is 17.0. The summed E-state index contributed by atoms with van der Waals surface area (Å²) in [5.41, 5.74) is -0.558. The molecule has 0 saturated carbocycles. The van der Waals surface area contributed by atoms with Gasteiger partial charge in [0.1, 0.15) is 5.02 Å². The summed E-state index contributed by atoms with van der Waals surface area (Å²) < 4.78 is 0. The standard InChI is InChI=1S/C7H4ClNO4.C6H11NO2/c8-5-2-1-4(7(10)11)3-6(5)9(12)13;8-6(9)5-2-1-3-7-4-5/h1-3H,(H,10,11);5,7H,1-4H2,(H,8,9). The van der Waals surface area contributed by atoms with E-state index < -0.39 is 22.5 Å². The van der Waals surface area contributed by atoms with E-state index in [2.05, 4.69) is 5.32 Å². The Morgan fingerprint density at radius 1 is 1.36 bits per heavy atom. The van der Waals surface area contributed by atoms with Crippen LogP contribution in [0, 0.1) is 16.0 Å². The highest BCUT2D eigenvalue weighted by atomic mass is 35.5. The van der Waals surface area contributed by atoms with Gasteiger partial charge in [-0.05, 0) is 31.5 Å². The number of carbonyl (C=O) groups is 2. The fraction of sp³-hybridized carbons (Fsp3) is 0.385. The Bertz CT molecular complexity index is 572. The molecule has 0 radical (unpaired) electrons. The van der Waals surface area contributed by atoms with Crippen molar-refractivity contribution < 1.29 is 24.7 Å². The number of nitro benzene ring substituents is 1. The van der Waals surface area contributed by atoms with E-state index in [9.17, 15) is 19.7 Å². The molecule has 120 valence electrons. The smallest absolute Gasteiger partial charge is 0.335 e. The number of nitrogens with one attached hydrogen (secondary N) is 1. The predicted octanol–water partition coefficient (Wildman–Crippen LogP) is 2.02. The van der Waals surface area contributed by atoms with Crippen molar-refractivity contribution in [3.63, 3.8) is 0 Å². The number of hydrogen-bond acceptors (Lipinski definition) is 5. The van der Waals surface area contributed by atoms with Crippen LogP contribution in [0.1, 0.15) is 23.2 Å².